The molecule has 0 saturated carbocycles. The minimum absolute atomic E-state index is 0.00358. The summed E-state index contributed by atoms with van der Waals surface area (Å²) in [5.74, 6) is -0.00931. The normalized spacial score (nSPS) is 18.0. The van der Waals surface area contributed by atoms with Crippen LogP contribution in [0.25, 0.3) is 11.2 Å². The van der Waals surface area contributed by atoms with E-state index in [1.165, 1.54) is 12.1 Å². The molecule has 6 rings (SSSR count). The minimum Gasteiger partial charge on any atom is -0.477 e. The maximum Gasteiger partial charge on any atom is 0.354 e. The third kappa shape index (κ3) is 6.19. The van der Waals surface area contributed by atoms with E-state index >= 15 is 0 Å². The van der Waals surface area contributed by atoms with E-state index in [1.54, 1.807) is 18.2 Å². The molecule has 1 atom stereocenters. The fraction of sp³-hybridized carbons (Fsp3) is 0.400. The average molecular weight is 580 g/mol. The van der Waals surface area contributed by atoms with Crippen LogP contribution in [0.15, 0.2) is 42.5 Å². The fourth-order valence-electron chi connectivity index (χ4n) is 5.31. The van der Waals surface area contributed by atoms with Crippen LogP contribution in [0.4, 0.5) is 4.39 Å². The second-order valence-electron chi connectivity index (χ2n) is 10.7. The number of carbonyl (C=O) groups is 1. The number of carboxylic acid groups (broad SMARTS) is 1. The molecular weight excluding hydrogens is 549 g/mol. The third-order valence-electron chi connectivity index (χ3n) is 7.81. The number of rotatable bonds is 9. The van der Waals surface area contributed by atoms with Gasteiger partial charge in [-0.2, -0.15) is 0 Å². The molecule has 11 heteroatoms. The zero-order valence-corrected chi connectivity index (χ0v) is 23.5. The van der Waals surface area contributed by atoms with Crippen molar-refractivity contribution in [1.82, 2.24) is 24.4 Å². The summed E-state index contributed by atoms with van der Waals surface area (Å²) in [7, 11) is 0. The number of aryl methyl sites for hydroxylation is 1. The van der Waals surface area contributed by atoms with Gasteiger partial charge in [-0.1, -0.05) is 23.7 Å². The summed E-state index contributed by atoms with van der Waals surface area (Å²) in [6.07, 6.45) is 3.07. The van der Waals surface area contributed by atoms with Gasteiger partial charge in [-0.25, -0.2) is 24.1 Å². The number of fused-ring (bicyclic) bond motifs is 1. The topological polar surface area (TPSA) is 103 Å². The van der Waals surface area contributed by atoms with Crippen LogP contribution < -0.4 is 4.74 Å². The van der Waals surface area contributed by atoms with Gasteiger partial charge >= 0.3 is 5.97 Å². The van der Waals surface area contributed by atoms with Crippen LogP contribution in [0.1, 0.15) is 52.4 Å². The molecule has 2 aliphatic rings. The first-order valence-corrected chi connectivity index (χ1v) is 14.2. The summed E-state index contributed by atoms with van der Waals surface area (Å²) in [4.78, 5) is 27.7. The fourth-order valence-corrected chi connectivity index (χ4v) is 5.47. The number of aromatic carboxylic acids is 1. The van der Waals surface area contributed by atoms with Crippen molar-refractivity contribution in [2.24, 2.45) is 0 Å². The summed E-state index contributed by atoms with van der Waals surface area (Å²) in [5.41, 5.74) is 3.55. The smallest absolute Gasteiger partial charge is 0.354 e. The van der Waals surface area contributed by atoms with Gasteiger partial charge < -0.3 is 19.1 Å². The van der Waals surface area contributed by atoms with Crippen molar-refractivity contribution in [2.75, 3.05) is 19.7 Å². The van der Waals surface area contributed by atoms with E-state index in [0.29, 0.717) is 47.1 Å². The molecule has 1 N–H and O–H groups in total. The van der Waals surface area contributed by atoms with Gasteiger partial charge in [0.25, 0.3) is 0 Å². The Hall–Kier alpha value is -3.60. The summed E-state index contributed by atoms with van der Waals surface area (Å²) >= 11 is 5.90. The van der Waals surface area contributed by atoms with Gasteiger partial charge in [0.2, 0.25) is 5.88 Å². The molecule has 0 aliphatic carbocycles. The van der Waals surface area contributed by atoms with Crippen LogP contribution in [0.5, 0.6) is 5.88 Å². The molecule has 2 fully saturated rings. The lowest BCUT2D eigenvalue weighted by atomic mass is 10.1. The summed E-state index contributed by atoms with van der Waals surface area (Å²) in [6.45, 7) is 5.55. The first-order chi connectivity index (χ1) is 19.8. The highest BCUT2D eigenvalue weighted by Gasteiger charge is 2.26. The van der Waals surface area contributed by atoms with Crippen molar-refractivity contribution in [2.45, 2.75) is 57.9 Å². The SMILES string of the molecule is Cc1ccc(OC2CCN(Cc3nc4ccc(C(=O)O)nc4n3C[C@@H]3CCO3)CC2)nc1Cc1ccc(Cl)cc1F. The van der Waals surface area contributed by atoms with Crippen molar-refractivity contribution in [3.8, 4) is 5.88 Å². The zero-order chi connectivity index (χ0) is 28.5. The largest absolute Gasteiger partial charge is 0.477 e. The summed E-state index contributed by atoms with van der Waals surface area (Å²) in [6, 6.07) is 11.7. The van der Waals surface area contributed by atoms with E-state index in [1.807, 2.05) is 23.6 Å². The molecule has 2 saturated heterocycles. The van der Waals surface area contributed by atoms with Gasteiger partial charge in [0, 0.05) is 37.2 Å². The van der Waals surface area contributed by atoms with Gasteiger partial charge in [0.15, 0.2) is 11.3 Å². The molecule has 3 aromatic heterocycles. The Morgan fingerprint density at radius 2 is 1.93 bits per heavy atom. The number of pyridine rings is 2. The second-order valence-corrected chi connectivity index (χ2v) is 11.1. The Labute approximate surface area is 241 Å². The molecule has 0 amide bonds. The van der Waals surface area contributed by atoms with Crippen LogP contribution >= 0.6 is 11.6 Å². The molecule has 2 aliphatic heterocycles. The first kappa shape index (κ1) is 27.6. The molecule has 1 aromatic carbocycles. The lowest BCUT2D eigenvalue weighted by Gasteiger charge is -2.32. The highest BCUT2D eigenvalue weighted by molar-refractivity contribution is 6.30. The number of halogens is 2. The second kappa shape index (κ2) is 11.7. The minimum atomic E-state index is -1.06. The monoisotopic (exact) mass is 579 g/mol. The molecule has 5 heterocycles. The van der Waals surface area contributed by atoms with Crippen LogP contribution in [0.2, 0.25) is 5.02 Å². The maximum absolute atomic E-state index is 14.4. The Morgan fingerprint density at radius 1 is 1.12 bits per heavy atom. The summed E-state index contributed by atoms with van der Waals surface area (Å²) in [5, 5.41) is 9.80. The number of ether oxygens (including phenoxy) is 2. The molecule has 9 nitrogen and oxygen atoms in total. The number of piperidine rings is 1. The molecule has 0 radical (unpaired) electrons. The van der Waals surface area contributed by atoms with E-state index in [9.17, 15) is 14.3 Å². The number of hydrogen-bond acceptors (Lipinski definition) is 7. The van der Waals surface area contributed by atoms with Crippen LogP contribution in [-0.2, 0) is 24.2 Å². The molecule has 0 bridgehead atoms. The number of aromatic nitrogens is 4. The Morgan fingerprint density at radius 3 is 2.63 bits per heavy atom. The molecule has 4 aromatic rings. The summed E-state index contributed by atoms with van der Waals surface area (Å²) < 4.78 is 28.3. The molecule has 0 spiro atoms. The van der Waals surface area contributed by atoms with Gasteiger partial charge in [-0.05, 0) is 61.6 Å². The van der Waals surface area contributed by atoms with E-state index in [2.05, 4.69) is 9.88 Å². The number of hydrogen-bond donors (Lipinski definition) is 1. The highest BCUT2D eigenvalue weighted by Crippen LogP contribution is 2.25. The highest BCUT2D eigenvalue weighted by atomic mass is 35.5. The van der Waals surface area contributed by atoms with Crippen molar-refractivity contribution >= 4 is 28.7 Å². The van der Waals surface area contributed by atoms with E-state index in [0.717, 1.165) is 56.0 Å². The zero-order valence-electron chi connectivity index (χ0n) is 22.7. The number of imidazole rings is 1. The van der Waals surface area contributed by atoms with Crippen LogP contribution in [0, 0.1) is 12.7 Å². The van der Waals surface area contributed by atoms with Gasteiger partial charge in [-0.3, -0.25) is 4.90 Å². The van der Waals surface area contributed by atoms with E-state index in [4.69, 9.17) is 31.0 Å². The van der Waals surface area contributed by atoms with Gasteiger partial charge in [0.1, 0.15) is 23.3 Å². The number of carboxylic acids is 1. The van der Waals surface area contributed by atoms with Crippen molar-refractivity contribution in [1.29, 1.82) is 0 Å². The predicted molar refractivity (Wildman–Crippen MR) is 151 cm³/mol. The van der Waals surface area contributed by atoms with E-state index < -0.39 is 5.97 Å². The lowest BCUT2D eigenvalue weighted by molar-refractivity contribution is -0.0593. The standard InChI is InChI=1S/C30H31ClFN5O4/c1-18-2-7-28(34-26(18)14-19-3-4-20(31)15-23(19)32)41-21-8-11-36(12-9-21)17-27-33-24-5-6-25(30(38)39)35-29(24)37(27)16-22-10-13-40-22/h2-7,15,21-22H,8-14,16-17H2,1H3,(H,38,39)/t22-/m0/s1. The van der Waals surface area contributed by atoms with Crippen molar-refractivity contribution < 1.29 is 23.8 Å². The Kier molecular flexibility index (Phi) is 7.88. The number of nitrogens with zero attached hydrogens (tertiary/aromatic N) is 5. The lowest BCUT2D eigenvalue weighted by Crippen LogP contribution is -2.39. The molecule has 214 valence electrons. The quantitative estimate of drug-likeness (QED) is 0.294. The van der Waals surface area contributed by atoms with Gasteiger partial charge in [0.05, 0.1) is 24.9 Å². The van der Waals surface area contributed by atoms with Crippen molar-refractivity contribution in [3.05, 3.63) is 81.6 Å². The third-order valence-corrected chi connectivity index (χ3v) is 8.04. The van der Waals surface area contributed by atoms with Gasteiger partial charge in [-0.15, -0.1) is 0 Å². The Bertz CT molecular complexity index is 1580. The van der Waals surface area contributed by atoms with Crippen molar-refractivity contribution in [3.63, 3.8) is 0 Å². The van der Waals surface area contributed by atoms with Crippen LogP contribution in [0.3, 0.4) is 0 Å². The predicted octanol–water partition coefficient (Wildman–Crippen LogP) is 5.05. The molecule has 41 heavy (non-hydrogen) atoms. The number of likely N-dealkylation sites (tertiary alicyclic amines) is 1. The first-order valence-electron chi connectivity index (χ1n) is 13.8. The van der Waals surface area contributed by atoms with Crippen LogP contribution in [-0.4, -0.2) is 67.4 Å². The van der Waals surface area contributed by atoms with E-state index in [-0.39, 0.29) is 23.7 Å². The molecular formula is C30H31ClFN5O4. The maximum atomic E-state index is 14.4. The number of benzene rings is 1. The molecule has 0 unspecified atom stereocenters. The Balaban J connectivity index is 1.11. The average Bonchev–Trinajstić information content (AvgIpc) is 3.26.